The number of hydrogen-bond donors (Lipinski definition) is 2. The maximum Gasteiger partial charge on any atom is 0.171 e. The summed E-state index contributed by atoms with van der Waals surface area (Å²) in [6, 6.07) is 7.07. The zero-order chi connectivity index (χ0) is 12.3. The van der Waals surface area contributed by atoms with E-state index in [0.717, 1.165) is 18.0 Å². The monoisotopic (exact) mass is 248 g/mol. The van der Waals surface area contributed by atoms with Crippen LogP contribution in [0.4, 0.5) is 5.69 Å². The summed E-state index contributed by atoms with van der Waals surface area (Å²) in [5.74, 6) is 0. The van der Waals surface area contributed by atoms with E-state index in [0.29, 0.717) is 6.04 Å². The van der Waals surface area contributed by atoms with Crippen molar-refractivity contribution in [2.24, 2.45) is 0 Å². The van der Waals surface area contributed by atoms with E-state index in [4.69, 9.17) is 12.2 Å². The molecule has 92 valence electrons. The van der Waals surface area contributed by atoms with E-state index in [-0.39, 0.29) is 0 Å². The summed E-state index contributed by atoms with van der Waals surface area (Å²) in [5.41, 5.74) is 3.88. The van der Waals surface area contributed by atoms with Crippen LogP contribution in [0.5, 0.6) is 0 Å². The van der Waals surface area contributed by atoms with Crippen LogP contribution in [0.3, 0.4) is 0 Å². The summed E-state index contributed by atoms with van der Waals surface area (Å²) < 4.78 is 0. The first-order valence-corrected chi connectivity index (χ1v) is 6.83. The third-order valence-corrected chi connectivity index (χ3v) is 3.37. The number of nitrogens with one attached hydrogen (secondary N) is 2. The Labute approximate surface area is 109 Å². The second-order valence-electron chi connectivity index (χ2n) is 4.53. The van der Waals surface area contributed by atoms with Crippen molar-refractivity contribution in [3.63, 3.8) is 0 Å². The van der Waals surface area contributed by atoms with Gasteiger partial charge in [0.1, 0.15) is 0 Å². The molecule has 0 amide bonds. The molecule has 1 fully saturated rings. The van der Waals surface area contributed by atoms with Crippen molar-refractivity contribution in [3.8, 4) is 0 Å². The predicted molar refractivity (Wildman–Crippen MR) is 77.6 cm³/mol. The number of rotatable bonds is 4. The lowest BCUT2D eigenvalue weighted by atomic mass is 10.0. The van der Waals surface area contributed by atoms with E-state index in [1.165, 1.54) is 29.7 Å². The van der Waals surface area contributed by atoms with Gasteiger partial charge in [0.25, 0.3) is 0 Å². The molecule has 2 N–H and O–H groups in total. The third-order valence-electron chi connectivity index (χ3n) is 3.15. The van der Waals surface area contributed by atoms with Gasteiger partial charge in [0, 0.05) is 11.7 Å². The number of thiocarbonyl (C=S) groups is 1. The molecule has 2 nitrogen and oxygen atoms in total. The van der Waals surface area contributed by atoms with Crippen molar-refractivity contribution in [1.29, 1.82) is 0 Å². The molecule has 0 radical (unpaired) electrons. The van der Waals surface area contributed by atoms with Crippen LogP contribution in [0.15, 0.2) is 18.2 Å². The van der Waals surface area contributed by atoms with Gasteiger partial charge in [0.15, 0.2) is 5.11 Å². The van der Waals surface area contributed by atoms with Gasteiger partial charge in [-0.3, -0.25) is 0 Å². The van der Waals surface area contributed by atoms with E-state index in [2.05, 4.69) is 42.7 Å². The Balaban J connectivity index is 2.13. The molecule has 1 saturated carbocycles. The third kappa shape index (κ3) is 3.19. The molecular formula is C14H20N2S. The molecule has 0 spiro atoms. The van der Waals surface area contributed by atoms with Crippen molar-refractivity contribution in [2.45, 2.75) is 45.6 Å². The first-order valence-electron chi connectivity index (χ1n) is 6.42. The molecule has 1 aliphatic carbocycles. The molecule has 0 unspecified atom stereocenters. The van der Waals surface area contributed by atoms with Crippen molar-refractivity contribution in [1.82, 2.24) is 5.32 Å². The van der Waals surface area contributed by atoms with Crippen LogP contribution < -0.4 is 10.6 Å². The van der Waals surface area contributed by atoms with E-state index >= 15 is 0 Å². The van der Waals surface area contributed by atoms with E-state index < -0.39 is 0 Å². The molecular weight excluding hydrogens is 228 g/mol. The van der Waals surface area contributed by atoms with Crippen LogP contribution in [0.25, 0.3) is 0 Å². The second kappa shape index (κ2) is 5.50. The maximum absolute atomic E-state index is 5.35. The van der Waals surface area contributed by atoms with Crippen LogP contribution in [-0.4, -0.2) is 11.2 Å². The van der Waals surface area contributed by atoms with Crippen LogP contribution in [0.2, 0.25) is 0 Å². The average Bonchev–Trinajstić information content (AvgIpc) is 3.13. The molecule has 0 saturated heterocycles. The highest BCUT2D eigenvalue weighted by molar-refractivity contribution is 7.80. The van der Waals surface area contributed by atoms with Crippen molar-refractivity contribution in [2.75, 3.05) is 5.32 Å². The number of benzene rings is 1. The molecule has 2 rings (SSSR count). The van der Waals surface area contributed by atoms with Crippen LogP contribution in [0, 0.1) is 0 Å². The van der Waals surface area contributed by atoms with Crippen LogP contribution in [-0.2, 0) is 12.8 Å². The SMILES string of the molecule is CCc1cccc(CC)c1NC(=S)NC1CC1. The lowest BCUT2D eigenvalue weighted by Gasteiger charge is -2.16. The Kier molecular flexibility index (Phi) is 4.00. The lowest BCUT2D eigenvalue weighted by Crippen LogP contribution is -2.30. The fourth-order valence-electron chi connectivity index (χ4n) is 1.97. The van der Waals surface area contributed by atoms with Gasteiger partial charge in [-0.25, -0.2) is 0 Å². The topological polar surface area (TPSA) is 24.1 Å². The average molecular weight is 248 g/mol. The van der Waals surface area contributed by atoms with Gasteiger partial charge >= 0.3 is 0 Å². The first kappa shape index (κ1) is 12.4. The Morgan fingerprint density at radius 3 is 2.29 bits per heavy atom. The van der Waals surface area contributed by atoms with Crippen molar-refractivity contribution < 1.29 is 0 Å². The van der Waals surface area contributed by atoms with E-state index in [1.807, 2.05) is 0 Å². The Bertz CT molecular complexity index is 388. The van der Waals surface area contributed by atoms with Gasteiger partial charge in [-0.05, 0) is 49.0 Å². The predicted octanol–water partition coefficient (Wildman–Crippen LogP) is 3.26. The van der Waals surface area contributed by atoms with Gasteiger partial charge in [0.2, 0.25) is 0 Å². The molecule has 1 aromatic rings. The highest BCUT2D eigenvalue weighted by Gasteiger charge is 2.22. The molecule has 17 heavy (non-hydrogen) atoms. The summed E-state index contributed by atoms with van der Waals surface area (Å²) in [6.45, 7) is 4.36. The number of hydrogen-bond acceptors (Lipinski definition) is 1. The number of para-hydroxylation sites is 1. The summed E-state index contributed by atoms with van der Waals surface area (Å²) in [7, 11) is 0. The highest BCUT2D eigenvalue weighted by atomic mass is 32.1. The van der Waals surface area contributed by atoms with Crippen molar-refractivity contribution in [3.05, 3.63) is 29.3 Å². The minimum Gasteiger partial charge on any atom is -0.360 e. The molecule has 0 atom stereocenters. The summed E-state index contributed by atoms with van der Waals surface area (Å²) in [6.07, 6.45) is 4.56. The molecule has 1 aromatic carbocycles. The van der Waals surface area contributed by atoms with Crippen LogP contribution >= 0.6 is 12.2 Å². The largest absolute Gasteiger partial charge is 0.360 e. The van der Waals surface area contributed by atoms with E-state index in [1.54, 1.807) is 0 Å². The van der Waals surface area contributed by atoms with Gasteiger partial charge in [0.05, 0.1) is 0 Å². The summed E-state index contributed by atoms with van der Waals surface area (Å²) in [5, 5.41) is 7.46. The Morgan fingerprint density at radius 2 is 1.82 bits per heavy atom. The maximum atomic E-state index is 5.35. The van der Waals surface area contributed by atoms with Gasteiger partial charge < -0.3 is 10.6 Å². The van der Waals surface area contributed by atoms with E-state index in [9.17, 15) is 0 Å². The van der Waals surface area contributed by atoms with Gasteiger partial charge in [-0.2, -0.15) is 0 Å². The van der Waals surface area contributed by atoms with Crippen molar-refractivity contribution >= 4 is 23.0 Å². The van der Waals surface area contributed by atoms with Gasteiger partial charge in [-0.15, -0.1) is 0 Å². The molecule has 1 aliphatic rings. The number of aryl methyl sites for hydroxylation is 2. The Morgan fingerprint density at radius 1 is 1.24 bits per heavy atom. The normalized spacial score (nSPS) is 14.5. The minimum atomic E-state index is 0.605. The fraction of sp³-hybridized carbons (Fsp3) is 0.500. The second-order valence-corrected chi connectivity index (χ2v) is 4.94. The molecule has 0 aromatic heterocycles. The van der Waals surface area contributed by atoms with Crippen LogP contribution in [0.1, 0.15) is 37.8 Å². The zero-order valence-corrected chi connectivity index (χ0v) is 11.4. The summed E-state index contributed by atoms with van der Waals surface area (Å²) in [4.78, 5) is 0. The molecule has 0 bridgehead atoms. The molecule has 0 aliphatic heterocycles. The standard InChI is InChI=1S/C14H20N2S/c1-3-10-6-5-7-11(4-2)13(10)16-14(17)15-12-8-9-12/h5-7,12H,3-4,8-9H2,1-2H3,(H2,15,16,17). The molecule has 3 heteroatoms. The highest BCUT2D eigenvalue weighted by Crippen LogP contribution is 2.23. The van der Waals surface area contributed by atoms with Gasteiger partial charge in [-0.1, -0.05) is 32.0 Å². The number of anilines is 1. The fourth-order valence-corrected chi connectivity index (χ4v) is 2.23. The first-order chi connectivity index (χ1) is 8.24. The lowest BCUT2D eigenvalue weighted by molar-refractivity contribution is 0.918. The molecule has 0 heterocycles. The minimum absolute atomic E-state index is 0.605. The quantitative estimate of drug-likeness (QED) is 0.800. The Hall–Kier alpha value is -1.09. The smallest absolute Gasteiger partial charge is 0.171 e. The zero-order valence-electron chi connectivity index (χ0n) is 10.5. The summed E-state index contributed by atoms with van der Waals surface area (Å²) >= 11 is 5.35.